The number of imidazole rings is 1. The standard InChI is InChI=1S/C16H11FN2O2/c17-12-7-9-14-18-13(15(16(20)21)19(14)10-12)8-6-11-4-2-1-3-5-11/h1-10H,(H,20,21)/b8-6+. The van der Waals surface area contributed by atoms with Gasteiger partial charge in [0.1, 0.15) is 11.5 Å². The Balaban J connectivity index is 2.12. The molecule has 0 spiro atoms. The minimum Gasteiger partial charge on any atom is -0.476 e. The minimum atomic E-state index is -1.15. The lowest BCUT2D eigenvalue weighted by molar-refractivity contribution is 0.0689. The van der Waals surface area contributed by atoms with Crippen LogP contribution in [-0.4, -0.2) is 20.5 Å². The van der Waals surface area contributed by atoms with Gasteiger partial charge in [-0.1, -0.05) is 36.4 Å². The number of rotatable bonds is 3. The number of carbonyl (C=O) groups is 1. The summed E-state index contributed by atoms with van der Waals surface area (Å²) in [5.74, 6) is -1.66. The Hall–Kier alpha value is -2.95. The van der Waals surface area contributed by atoms with Gasteiger partial charge < -0.3 is 5.11 Å². The Bertz CT molecular complexity index is 838. The van der Waals surface area contributed by atoms with E-state index in [1.807, 2.05) is 30.3 Å². The maximum absolute atomic E-state index is 13.3. The molecular weight excluding hydrogens is 271 g/mol. The topological polar surface area (TPSA) is 54.6 Å². The predicted molar refractivity (Wildman–Crippen MR) is 77.5 cm³/mol. The Morgan fingerprint density at radius 1 is 1.14 bits per heavy atom. The van der Waals surface area contributed by atoms with Crippen LogP contribution in [0, 0.1) is 5.82 Å². The van der Waals surface area contributed by atoms with Crippen molar-refractivity contribution in [2.75, 3.05) is 0 Å². The number of fused-ring (bicyclic) bond motifs is 1. The van der Waals surface area contributed by atoms with Crippen LogP contribution in [0.25, 0.3) is 17.8 Å². The smallest absolute Gasteiger partial charge is 0.355 e. The largest absolute Gasteiger partial charge is 0.476 e. The molecule has 4 nitrogen and oxygen atoms in total. The molecule has 0 fully saturated rings. The molecule has 0 saturated heterocycles. The maximum Gasteiger partial charge on any atom is 0.355 e. The number of hydrogen-bond acceptors (Lipinski definition) is 2. The van der Waals surface area contributed by atoms with Crippen LogP contribution in [0.4, 0.5) is 4.39 Å². The molecule has 3 aromatic rings. The van der Waals surface area contributed by atoms with Gasteiger partial charge >= 0.3 is 5.97 Å². The Morgan fingerprint density at radius 3 is 2.62 bits per heavy atom. The number of halogens is 1. The van der Waals surface area contributed by atoms with Crippen LogP contribution in [0.1, 0.15) is 21.7 Å². The maximum atomic E-state index is 13.3. The zero-order chi connectivity index (χ0) is 14.8. The van der Waals surface area contributed by atoms with Gasteiger partial charge in [0.05, 0.1) is 5.69 Å². The van der Waals surface area contributed by atoms with Crippen LogP contribution in [0.3, 0.4) is 0 Å². The number of pyridine rings is 1. The van der Waals surface area contributed by atoms with Gasteiger partial charge in [0.2, 0.25) is 0 Å². The van der Waals surface area contributed by atoms with Gasteiger partial charge in [-0.05, 0) is 23.8 Å². The molecule has 0 unspecified atom stereocenters. The lowest BCUT2D eigenvalue weighted by Crippen LogP contribution is -2.03. The van der Waals surface area contributed by atoms with Crippen molar-refractivity contribution < 1.29 is 14.3 Å². The zero-order valence-electron chi connectivity index (χ0n) is 10.9. The van der Waals surface area contributed by atoms with Crippen molar-refractivity contribution in [1.29, 1.82) is 0 Å². The van der Waals surface area contributed by atoms with E-state index in [0.29, 0.717) is 5.65 Å². The Labute approximate surface area is 119 Å². The number of nitrogens with zero attached hydrogens (tertiary/aromatic N) is 2. The monoisotopic (exact) mass is 282 g/mol. The van der Waals surface area contributed by atoms with Crippen LogP contribution < -0.4 is 0 Å². The van der Waals surface area contributed by atoms with Gasteiger partial charge in [-0.2, -0.15) is 0 Å². The van der Waals surface area contributed by atoms with Crippen molar-refractivity contribution in [2.45, 2.75) is 0 Å². The van der Waals surface area contributed by atoms with Crippen molar-refractivity contribution in [3.05, 3.63) is 71.4 Å². The van der Waals surface area contributed by atoms with Crippen LogP contribution in [0.5, 0.6) is 0 Å². The van der Waals surface area contributed by atoms with E-state index in [4.69, 9.17) is 0 Å². The summed E-state index contributed by atoms with van der Waals surface area (Å²) in [6, 6.07) is 12.2. The highest BCUT2D eigenvalue weighted by Crippen LogP contribution is 2.17. The van der Waals surface area contributed by atoms with Crippen molar-refractivity contribution in [2.24, 2.45) is 0 Å². The Kier molecular flexibility index (Phi) is 3.23. The van der Waals surface area contributed by atoms with Gasteiger partial charge in [0, 0.05) is 6.20 Å². The fourth-order valence-electron chi connectivity index (χ4n) is 2.11. The summed E-state index contributed by atoms with van der Waals surface area (Å²) in [5, 5.41) is 9.32. The molecule has 0 bridgehead atoms. The van der Waals surface area contributed by atoms with E-state index < -0.39 is 11.8 Å². The molecule has 0 aliphatic rings. The molecule has 104 valence electrons. The molecule has 0 radical (unpaired) electrons. The molecule has 0 atom stereocenters. The predicted octanol–water partition coefficient (Wildman–Crippen LogP) is 3.34. The van der Waals surface area contributed by atoms with Gasteiger partial charge in [-0.15, -0.1) is 0 Å². The van der Waals surface area contributed by atoms with E-state index in [9.17, 15) is 14.3 Å². The van der Waals surface area contributed by atoms with E-state index in [2.05, 4.69) is 4.98 Å². The number of hydrogen-bond donors (Lipinski definition) is 1. The summed E-state index contributed by atoms with van der Waals surface area (Å²) >= 11 is 0. The molecule has 1 aromatic carbocycles. The van der Waals surface area contributed by atoms with E-state index in [-0.39, 0.29) is 11.4 Å². The first-order valence-corrected chi connectivity index (χ1v) is 6.29. The van der Waals surface area contributed by atoms with E-state index in [1.54, 1.807) is 12.2 Å². The average Bonchev–Trinajstić information content (AvgIpc) is 2.84. The molecule has 0 saturated carbocycles. The second-order valence-electron chi connectivity index (χ2n) is 4.47. The van der Waals surface area contributed by atoms with E-state index in [0.717, 1.165) is 11.8 Å². The molecule has 0 aliphatic carbocycles. The third kappa shape index (κ3) is 2.53. The van der Waals surface area contributed by atoms with Gasteiger partial charge in [0.15, 0.2) is 5.69 Å². The third-order valence-electron chi connectivity index (χ3n) is 3.05. The van der Waals surface area contributed by atoms with Crippen molar-refractivity contribution in [3.63, 3.8) is 0 Å². The van der Waals surface area contributed by atoms with Gasteiger partial charge in [0.25, 0.3) is 0 Å². The number of aromatic carboxylic acids is 1. The third-order valence-corrected chi connectivity index (χ3v) is 3.05. The number of carboxylic acid groups (broad SMARTS) is 1. The van der Waals surface area contributed by atoms with Crippen LogP contribution >= 0.6 is 0 Å². The first-order chi connectivity index (χ1) is 10.1. The molecule has 1 N–H and O–H groups in total. The second kappa shape index (κ2) is 5.20. The first kappa shape index (κ1) is 13.1. The van der Waals surface area contributed by atoms with Gasteiger partial charge in [-0.3, -0.25) is 4.40 Å². The number of carboxylic acids is 1. The van der Waals surface area contributed by atoms with E-state index >= 15 is 0 Å². The second-order valence-corrected chi connectivity index (χ2v) is 4.47. The number of aromatic nitrogens is 2. The average molecular weight is 282 g/mol. The van der Waals surface area contributed by atoms with Crippen LogP contribution in [0.2, 0.25) is 0 Å². The molecule has 3 rings (SSSR count). The van der Waals surface area contributed by atoms with Crippen molar-refractivity contribution in [1.82, 2.24) is 9.38 Å². The fourth-order valence-corrected chi connectivity index (χ4v) is 2.11. The van der Waals surface area contributed by atoms with E-state index in [1.165, 1.54) is 16.5 Å². The SMILES string of the molecule is O=C(O)c1c(/C=C/c2ccccc2)nc2ccc(F)cn12. The van der Waals surface area contributed by atoms with Crippen molar-refractivity contribution in [3.8, 4) is 0 Å². The summed E-state index contributed by atoms with van der Waals surface area (Å²) in [6.07, 6.45) is 4.50. The Morgan fingerprint density at radius 2 is 1.90 bits per heavy atom. The molecule has 5 heteroatoms. The molecule has 0 aliphatic heterocycles. The summed E-state index contributed by atoms with van der Waals surface area (Å²) in [4.78, 5) is 15.6. The lowest BCUT2D eigenvalue weighted by atomic mass is 10.2. The van der Waals surface area contributed by atoms with Crippen LogP contribution in [0.15, 0.2) is 48.7 Å². The molecule has 0 amide bonds. The molecule has 21 heavy (non-hydrogen) atoms. The fraction of sp³-hybridized carbons (Fsp3) is 0. The minimum absolute atomic E-state index is 0.0586. The first-order valence-electron chi connectivity index (χ1n) is 6.29. The molecule has 2 heterocycles. The normalized spacial score (nSPS) is 11.3. The zero-order valence-corrected chi connectivity index (χ0v) is 10.9. The molecular formula is C16H11FN2O2. The summed E-state index contributed by atoms with van der Waals surface area (Å²) in [5.41, 5.74) is 1.55. The molecule has 2 aromatic heterocycles. The highest BCUT2D eigenvalue weighted by Gasteiger charge is 2.16. The van der Waals surface area contributed by atoms with Crippen LogP contribution in [-0.2, 0) is 0 Å². The highest BCUT2D eigenvalue weighted by molar-refractivity contribution is 5.92. The summed E-state index contributed by atoms with van der Waals surface area (Å²) in [7, 11) is 0. The van der Waals surface area contributed by atoms with Crippen molar-refractivity contribution >= 4 is 23.8 Å². The van der Waals surface area contributed by atoms with Gasteiger partial charge in [-0.25, -0.2) is 14.2 Å². The lowest BCUT2D eigenvalue weighted by Gasteiger charge is -1.97. The summed E-state index contributed by atoms with van der Waals surface area (Å²) in [6.45, 7) is 0. The number of benzene rings is 1. The quantitative estimate of drug-likeness (QED) is 0.801. The summed E-state index contributed by atoms with van der Waals surface area (Å²) < 4.78 is 14.5. The highest BCUT2D eigenvalue weighted by atomic mass is 19.1.